The molecule has 160 valence electrons. The molecule has 1 saturated heterocycles. The van der Waals surface area contributed by atoms with E-state index in [1.165, 1.54) is 53.1 Å². The number of hydrogen-bond donors (Lipinski definition) is 3. The summed E-state index contributed by atoms with van der Waals surface area (Å²) in [5.74, 6) is 0.183. The van der Waals surface area contributed by atoms with Gasteiger partial charge in [0.2, 0.25) is 15.9 Å². The van der Waals surface area contributed by atoms with Gasteiger partial charge in [0, 0.05) is 18.0 Å². The molecule has 30 heavy (non-hydrogen) atoms. The summed E-state index contributed by atoms with van der Waals surface area (Å²) in [6.07, 6.45) is 0.498. The maximum absolute atomic E-state index is 13.0. The molecule has 1 atom stereocenters. The number of anilines is 1. The molecule has 0 unspecified atom stereocenters. The number of urea groups is 1. The molecule has 0 aliphatic carbocycles. The van der Waals surface area contributed by atoms with Crippen molar-refractivity contribution in [1.82, 2.24) is 10.2 Å². The lowest BCUT2D eigenvalue weighted by atomic mass is 10.1. The van der Waals surface area contributed by atoms with Gasteiger partial charge in [-0.3, -0.25) is 4.79 Å². The second-order valence-corrected chi connectivity index (χ2v) is 9.21. The van der Waals surface area contributed by atoms with Crippen molar-refractivity contribution in [2.24, 2.45) is 5.14 Å². The molecule has 3 rings (SSSR count). The summed E-state index contributed by atoms with van der Waals surface area (Å²) in [7, 11) is -3.74. The first-order chi connectivity index (χ1) is 14.2. The van der Waals surface area contributed by atoms with Crippen LogP contribution in [0, 0.1) is 5.82 Å². The quantitative estimate of drug-likeness (QED) is 0.616. The lowest BCUT2D eigenvalue weighted by molar-refractivity contribution is -0.124. The van der Waals surface area contributed by atoms with Gasteiger partial charge >= 0.3 is 6.03 Å². The van der Waals surface area contributed by atoms with Crippen molar-refractivity contribution < 1.29 is 22.4 Å². The third-order valence-corrected chi connectivity index (χ3v) is 6.45. The SMILES string of the molecule is NS(=O)(=O)c1ccc(CCNC(=O)[C@H]2CSCN2C(=O)Nc2ccc(F)cc2)cc1. The van der Waals surface area contributed by atoms with E-state index < -0.39 is 27.9 Å². The number of benzene rings is 2. The molecule has 2 aromatic rings. The number of carbonyl (C=O) groups is 2. The molecule has 1 aliphatic heterocycles. The molecular formula is C19H21FN4O4S2. The Morgan fingerprint density at radius 3 is 2.43 bits per heavy atom. The average molecular weight is 453 g/mol. The Kier molecular flexibility index (Phi) is 6.95. The minimum atomic E-state index is -3.74. The number of nitrogens with two attached hydrogens (primary N) is 1. The van der Waals surface area contributed by atoms with Gasteiger partial charge < -0.3 is 15.5 Å². The Morgan fingerprint density at radius 2 is 1.80 bits per heavy atom. The summed E-state index contributed by atoms with van der Waals surface area (Å²) < 4.78 is 35.5. The lowest BCUT2D eigenvalue weighted by Gasteiger charge is -2.23. The molecule has 0 radical (unpaired) electrons. The molecule has 11 heteroatoms. The molecule has 8 nitrogen and oxygen atoms in total. The predicted octanol–water partition coefficient (Wildman–Crippen LogP) is 1.74. The van der Waals surface area contributed by atoms with Crippen molar-refractivity contribution in [2.45, 2.75) is 17.4 Å². The molecular weight excluding hydrogens is 431 g/mol. The first kappa shape index (κ1) is 22.1. The number of sulfonamides is 1. The highest BCUT2D eigenvalue weighted by Crippen LogP contribution is 2.22. The molecule has 0 bridgehead atoms. The standard InChI is InChI=1S/C19H21FN4O4S2/c20-14-3-5-15(6-4-14)23-19(26)24-12-29-11-17(24)18(25)22-10-9-13-1-7-16(8-2-13)30(21,27)28/h1-8,17H,9-12H2,(H,22,25)(H,23,26)(H2,21,27,28)/t17-/m1/s1. The van der Waals surface area contributed by atoms with Gasteiger partial charge in [0.25, 0.3) is 0 Å². The predicted molar refractivity (Wildman–Crippen MR) is 113 cm³/mol. The van der Waals surface area contributed by atoms with Crippen LogP contribution in [0.2, 0.25) is 0 Å². The van der Waals surface area contributed by atoms with Gasteiger partial charge in [-0.15, -0.1) is 11.8 Å². The highest BCUT2D eigenvalue weighted by atomic mass is 32.2. The van der Waals surface area contributed by atoms with E-state index in [0.29, 0.717) is 30.3 Å². The number of hydrogen-bond acceptors (Lipinski definition) is 5. The summed E-state index contributed by atoms with van der Waals surface area (Å²) in [6.45, 7) is 0.335. The average Bonchev–Trinajstić information content (AvgIpc) is 3.19. The van der Waals surface area contributed by atoms with Crippen LogP contribution in [0.3, 0.4) is 0 Å². The number of thioether (sulfide) groups is 1. The molecule has 0 spiro atoms. The fourth-order valence-corrected chi connectivity index (χ4v) is 4.55. The zero-order chi connectivity index (χ0) is 21.7. The van der Waals surface area contributed by atoms with Gasteiger partial charge in [-0.25, -0.2) is 22.7 Å². The van der Waals surface area contributed by atoms with E-state index in [9.17, 15) is 22.4 Å². The summed E-state index contributed by atoms with van der Waals surface area (Å²) in [5.41, 5.74) is 1.29. The second kappa shape index (κ2) is 9.45. The fourth-order valence-electron chi connectivity index (χ4n) is 2.88. The van der Waals surface area contributed by atoms with Gasteiger partial charge in [0.1, 0.15) is 11.9 Å². The lowest BCUT2D eigenvalue weighted by Crippen LogP contribution is -2.49. The number of halogens is 1. The minimum Gasteiger partial charge on any atom is -0.354 e. The first-order valence-electron chi connectivity index (χ1n) is 9.04. The topological polar surface area (TPSA) is 122 Å². The highest BCUT2D eigenvalue weighted by molar-refractivity contribution is 7.99. The largest absolute Gasteiger partial charge is 0.354 e. The van der Waals surface area contributed by atoms with Crippen molar-refractivity contribution in [1.29, 1.82) is 0 Å². The Hall–Kier alpha value is -2.63. The van der Waals surface area contributed by atoms with Gasteiger partial charge in [0.05, 0.1) is 10.8 Å². The Balaban J connectivity index is 1.51. The maximum atomic E-state index is 13.0. The molecule has 1 aliphatic rings. The zero-order valence-electron chi connectivity index (χ0n) is 15.9. The molecule has 1 fully saturated rings. The fraction of sp³-hybridized carbons (Fsp3) is 0.263. The number of nitrogens with zero attached hydrogens (tertiary/aromatic N) is 1. The molecule has 0 saturated carbocycles. The zero-order valence-corrected chi connectivity index (χ0v) is 17.5. The third-order valence-electron chi connectivity index (χ3n) is 4.51. The Labute approximate surface area is 178 Å². The van der Waals surface area contributed by atoms with Crippen LogP contribution in [-0.2, 0) is 21.2 Å². The van der Waals surface area contributed by atoms with E-state index in [4.69, 9.17) is 5.14 Å². The van der Waals surface area contributed by atoms with Crippen LogP contribution in [-0.4, -0.2) is 49.5 Å². The number of carbonyl (C=O) groups excluding carboxylic acids is 2. The van der Waals surface area contributed by atoms with Crippen LogP contribution in [0.1, 0.15) is 5.56 Å². The van der Waals surface area contributed by atoms with E-state index >= 15 is 0 Å². The van der Waals surface area contributed by atoms with Crippen molar-refractivity contribution in [3.05, 3.63) is 59.9 Å². The van der Waals surface area contributed by atoms with Crippen LogP contribution in [0.5, 0.6) is 0 Å². The van der Waals surface area contributed by atoms with Gasteiger partial charge in [0.15, 0.2) is 0 Å². The monoisotopic (exact) mass is 452 g/mol. The number of amides is 3. The second-order valence-electron chi connectivity index (χ2n) is 6.65. The van der Waals surface area contributed by atoms with E-state index in [2.05, 4.69) is 10.6 Å². The van der Waals surface area contributed by atoms with Crippen molar-refractivity contribution >= 4 is 39.4 Å². The smallest absolute Gasteiger partial charge is 0.323 e. The Bertz CT molecular complexity index is 1010. The van der Waals surface area contributed by atoms with Crippen molar-refractivity contribution in [2.75, 3.05) is 23.5 Å². The van der Waals surface area contributed by atoms with Crippen molar-refractivity contribution in [3.8, 4) is 0 Å². The van der Waals surface area contributed by atoms with Crippen LogP contribution >= 0.6 is 11.8 Å². The number of nitrogens with one attached hydrogen (secondary N) is 2. The Morgan fingerprint density at radius 1 is 1.13 bits per heavy atom. The van der Waals surface area contributed by atoms with Crippen LogP contribution in [0.15, 0.2) is 53.4 Å². The normalized spacial score (nSPS) is 16.3. The molecule has 1 heterocycles. The van der Waals surface area contributed by atoms with E-state index in [0.717, 1.165) is 5.56 Å². The summed E-state index contributed by atoms with van der Waals surface area (Å²) in [5, 5.41) is 10.5. The third kappa shape index (κ3) is 5.71. The minimum absolute atomic E-state index is 0.0288. The molecule has 0 aromatic heterocycles. The van der Waals surface area contributed by atoms with Gasteiger partial charge in [-0.05, 0) is 48.4 Å². The van der Waals surface area contributed by atoms with Crippen LogP contribution < -0.4 is 15.8 Å². The van der Waals surface area contributed by atoms with E-state index in [1.54, 1.807) is 12.1 Å². The summed E-state index contributed by atoms with van der Waals surface area (Å²) in [4.78, 5) is 26.5. The van der Waals surface area contributed by atoms with E-state index in [1.807, 2.05) is 0 Å². The molecule has 3 amide bonds. The van der Waals surface area contributed by atoms with Crippen LogP contribution in [0.4, 0.5) is 14.9 Å². The molecule has 2 aromatic carbocycles. The summed E-state index contributed by atoms with van der Waals surface area (Å²) in [6, 6.07) is 10.5. The summed E-state index contributed by atoms with van der Waals surface area (Å²) >= 11 is 1.47. The van der Waals surface area contributed by atoms with Crippen LogP contribution in [0.25, 0.3) is 0 Å². The van der Waals surface area contributed by atoms with Crippen molar-refractivity contribution in [3.63, 3.8) is 0 Å². The first-order valence-corrected chi connectivity index (χ1v) is 11.7. The maximum Gasteiger partial charge on any atom is 0.323 e. The van der Waals surface area contributed by atoms with Gasteiger partial charge in [-0.2, -0.15) is 0 Å². The van der Waals surface area contributed by atoms with E-state index in [-0.39, 0.29) is 10.8 Å². The number of primary sulfonamides is 1. The highest BCUT2D eigenvalue weighted by Gasteiger charge is 2.34. The number of rotatable bonds is 6. The van der Waals surface area contributed by atoms with Gasteiger partial charge in [-0.1, -0.05) is 12.1 Å². The molecule has 4 N–H and O–H groups in total.